The molecule has 3 unspecified atom stereocenters. The van der Waals surface area contributed by atoms with Gasteiger partial charge in [0.1, 0.15) is 6.04 Å². The molecule has 104 valence electrons. The zero-order valence-electron chi connectivity index (χ0n) is 11.0. The van der Waals surface area contributed by atoms with Crippen LogP contribution >= 0.6 is 0 Å². The molecule has 0 radical (unpaired) electrons. The lowest BCUT2D eigenvalue weighted by Gasteiger charge is -2.22. The lowest BCUT2D eigenvalue weighted by molar-refractivity contribution is -0.148. The van der Waals surface area contributed by atoms with E-state index >= 15 is 0 Å². The molecule has 1 heterocycles. The van der Waals surface area contributed by atoms with Crippen LogP contribution in [0.1, 0.15) is 32.6 Å². The Balaban J connectivity index is 2.62. The minimum Gasteiger partial charge on any atom is -0.480 e. The third kappa shape index (κ3) is 3.68. The number of likely N-dealkylation sites (tertiary alicyclic amines) is 1. The molecule has 1 fully saturated rings. The van der Waals surface area contributed by atoms with Gasteiger partial charge in [-0.2, -0.15) is 0 Å². The Hall–Kier alpha value is -1.14. The third-order valence-electron chi connectivity index (χ3n) is 3.30. The van der Waals surface area contributed by atoms with Gasteiger partial charge in [-0.25, -0.2) is 4.79 Å². The summed E-state index contributed by atoms with van der Waals surface area (Å²) in [7, 11) is 1.53. The number of nitrogens with zero attached hydrogens (tertiary/aromatic N) is 1. The molecule has 3 N–H and O–H groups in total. The first kappa shape index (κ1) is 14.9. The number of carboxylic acids is 1. The summed E-state index contributed by atoms with van der Waals surface area (Å²) in [6, 6.07) is -0.977. The first-order valence-corrected chi connectivity index (χ1v) is 6.30. The molecule has 0 bridgehead atoms. The van der Waals surface area contributed by atoms with E-state index in [4.69, 9.17) is 15.6 Å². The van der Waals surface area contributed by atoms with Gasteiger partial charge in [0, 0.05) is 32.5 Å². The molecule has 0 saturated carbocycles. The van der Waals surface area contributed by atoms with Crippen molar-refractivity contribution in [1.29, 1.82) is 0 Å². The molecule has 0 spiro atoms. The summed E-state index contributed by atoms with van der Waals surface area (Å²) in [5, 5.41) is 9.10. The van der Waals surface area contributed by atoms with Crippen LogP contribution in [0.4, 0.5) is 0 Å². The summed E-state index contributed by atoms with van der Waals surface area (Å²) in [6.07, 6.45) is 2.04. The normalized spacial score (nSPS) is 25.2. The second-order valence-electron chi connectivity index (χ2n) is 4.75. The van der Waals surface area contributed by atoms with Gasteiger partial charge >= 0.3 is 5.97 Å². The van der Waals surface area contributed by atoms with Gasteiger partial charge in [0.05, 0.1) is 6.10 Å². The highest BCUT2D eigenvalue weighted by atomic mass is 16.5. The molecular weight excluding hydrogens is 236 g/mol. The molecule has 18 heavy (non-hydrogen) atoms. The number of methoxy groups -OCH3 is 1. The average molecular weight is 258 g/mol. The van der Waals surface area contributed by atoms with Crippen LogP contribution in [-0.4, -0.2) is 53.7 Å². The van der Waals surface area contributed by atoms with E-state index in [1.54, 1.807) is 0 Å². The molecule has 1 saturated heterocycles. The molecule has 1 aliphatic rings. The van der Waals surface area contributed by atoms with Gasteiger partial charge < -0.3 is 20.5 Å². The number of carbonyl (C=O) groups excluding carboxylic acids is 1. The fourth-order valence-electron chi connectivity index (χ4n) is 2.29. The molecule has 1 amide bonds. The highest BCUT2D eigenvalue weighted by molar-refractivity contribution is 5.84. The summed E-state index contributed by atoms with van der Waals surface area (Å²) in [4.78, 5) is 24.5. The van der Waals surface area contributed by atoms with E-state index < -0.39 is 12.0 Å². The van der Waals surface area contributed by atoms with Crippen LogP contribution in [0.3, 0.4) is 0 Å². The van der Waals surface area contributed by atoms with Crippen molar-refractivity contribution in [1.82, 2.24) is 4.90 Å². The molecule has 6 heteroatoms. The smallest absolute Gasteiger partial charge is 0.326 e. The second kappa shape index (κ2) is 6.70. The fraction of sp³-hybridized carbons (Fsp3) is 0.833. The third-order valence-corrected chi connectivity index (χ3v) is 3.30. The van der Waals surface area contributed by atoms with Crippen LogP contribution < -0.4 is 5.73 Å². The monoisotopic (exact) mass is 258 g/mol. The van der Waals surface area contributed by atoms with E-state index in [0.29, 0.717) is 13.0 Å². The van der Waals surface area contributed by atoms with Crippen LogP contribution in [0.5, 0.6) is 0 Å². The van der Waals surface area contributed by atoms with E-state index in [2.05, 4.69) is 0 Å². The number of hydrogen-bond donors (Lipinski definition) is 2. The highest BCUT2D eigenvalue weighted by Crippen LogP contribution is 2.21. The molecule has 0 aromatic carbocycles. The van der Waals surface area contributed by atoms with E-state index in [9.17, 15) is 9.59 Å². The Kier molecular flexibility index (Phi) is 5.55. The summed E-state index contributed by atoms with van der Waals surface area (Å²) < 4.78 is 5.14. The van der Waals surface area contributed by atoms with Crippen molar-refractivity contribution in [2.45, 2.75) is 50.8 Å². The minimum atomic E-state index is -0.980. The number of amides is 1. The first-order valence-electron chi connectivity index (χ1n) is 6.30. The molecule has 0 aromatic rings. The highest BCUT2D eigenvalue weighted by Gasteiger charge is 2.39. The zero-order chi connectivity index (χ0) is 13.7. The van der Waals surface area contributed by atoms with Gasteiger partial charge in [-0.1, -0.05) is 13.3 Å². The summed E-state index contributed by atoms with van der Waals surface area (Å²) in [6.45, 7) is 2.34. The van der Waals surface area contributed by atoms with Gasteiger partial charge in [-0.05, 0) is 6.42 Å². The van der Waals surface area contributed by atoms with E-state index in [1.165, 1.54) is 12.0 Å². The molecule has 6 nitrogen and oxygen atoms in total. The summed E-state index contributed by atoms with van der Waals surface area (Å²) >= 11 is 0. The molecule has 1 rings (SSSR count). The van der Waals surface area contributed by atoms with Crippen molar-refractivity contribution >= 4 is 11.9 Å². The summed E-state index contributed by atoms with van der Waals surface area (Å²) in [5.74, 6) is -1.17. The second-order valence-corrected chi connectivity index (χ2v) is 4.75. The van der Waals surface area contributed by atoms with Crippen LogP contribution in [0.15, 0.2) is 0 Å². The van der Waals surface area contributed by atoms with Gasteiger partial charge in [0.25, 0.3) is 0 Å². The average Bonchev–Trinajstić information content (AvgIpc) is 2.73. The van der Waals surface area contributed by atoms with Gasteiger partial charge in [-0.3, -0.25) is 4.79 Å². The van der Waals surface area contributed by atoms with Gasteiger partial charge in [-0.15, -0.1) is 0 Å². The van der Waals surface area contributed by atoms with Crippen LogP contribution in [0, 0.1) is 0 Å². The first-order chi connectivity index (χ1) is 8.49. The topological polar surface area (TPSA) is 92.9 Å². The van der Waals surface area contributed by atoms with Crippen LogP contribution in [0.2, 0.25) is 0 Å². The van der Waals surface area contributed by atoms with E-state index in [1.807, 2.05) is 6.92 Å². The number of nitrogens with two attached hydrogens (primary N) is 1. The quantitative estimate of drug-likeness (QED) is 0.710. The number of aliphatic carboxylic acids is 1. The Bertz CT molecular complexity index is 308. The van der Waals surface area contributed by atoms with Crippen molar-refractivity contribution in [3.8, 4) is 0 Å². The Morgan fingerprint density at radius 3 is 2.72 bits per heavy atom. The van der Waals surface area contributed by atoms with Crippen LogP contribution in [-0.2, 0) is 14.3 Å². The Morgan fingerprint density at radius 2 is 2.22 bits per heavy atom. The number of rotatable bonds is 6. The number of carboxylic acid groups (broad SMARTS) is 1. The maximum Gasteiger partial charge on any atom is 0.326 e. The van der Waals surface area contributed by atoms with Crippen molar-refractivity contribution < 1.29 is 19.4 Å². The maximum absolute atomic E-state index is 12.0. The van der Waals surface area contributed by atoms with Crippen molar-refractivity contribution in [2.24, 2.45) is 5.73 Å². The van der Waals surface area contributed by atoms with Gasteiger partial charge in [0.2, 0.25) is 5.91 Å². The predicted molar refractivity (Wildman–Crippen MR) is 66.1 cm³/mol. The van der Waals surface area contributed by atoms with Crippen molar-refractivity contribution in [3.63, 3.8) is 0 Å². The van der Waals surface area contributed by atoms with E-state index in [-0.39, 0.29) is 24.5 Å². The predicted octanol–water partition coefficient (Wildman–Crippen LogP) is 0.204. The fourth-order valence-corrected chi connectivity index (χ4v) is 2.29. The Labute approximate surface area is 107 Å². The largest absolute Gasteiger partial charge is 0.480 e. The minimum absolute atomic E-state index is 0.192. The molecular formula is C12H22N2O4. The van der Waals surface area contributed by atoms with Gasteiger partial charge in [0.15, 0.2) is 0 Å². The number of hydrogen-bond acceptors (Lipinski definition) is 4. The van der Waals surface area contributed by atoms with Crippen molar-refractivity contribution in [3.05, 3.63) is 0 Å². The van der Waals surface area contributed by atoms with E-state index in [0.717, 1.165) is 12.8 Å². The van der Waals surface area contributed by atoms with Crippen molar-refractivity contribution in [2.75, 3.05) is 13.7 Å². The Morgan fingerprint density at radius 1 is 1.56 bits per heavy atom. The molecule has 3 atom stereocenters. The lowest BCUT2D eigenvalue weighted by Crippen LogP contribution is -2.42. The molecule has 0 aromatic heterocycles. The lowest BCUT2D eigenvalue weighted by atomic mass is 10.1. The molecule has 1 aliphatic heterocycles. The maximum atomic E-state index is 12.0. The number of carbonyl (C=O) groups is 2. The number of ether oxygens (including phenoxy) is 1. The SMILES string of the molecule is CCCC(N)CC(=O)N1CC(OC)CC1C(=O)O. The zero-order valence-corrected chi connectivity index (χ0v) is 11.0. The van der Waals surface area contributed by atoms with Crippen LogP contribution in [0.25, 0.3) is 0 Å². The standard InChI is InChI=1S/C12H22N2O4/c1-3-4-8(13)5-11(15)14-7-9(18-2)6-10(14)12(16)17/h8-10H,3-7,13H2,1-2H3,(H,16,17). The summed E-state index contributed by atoms with van der Waals surface area (Å²) in [5.41, 5.74) is 5.82. The molecule has 0 aliphatic carbocycles.